The highest BCUT2D eigenvalue weighted by Gasteiger charge is 2.68. The van der Waals surface area contributed by atoms with Gasteiger partial charge in [-0.15, -0.1) is 0 Å². The Hall–Kier alpha value is -0.990. The number of hydrogen-bond acceptors (Lipinski definition) is 5. The van der Waals surface area contributed by atoms with Gasteiger partial charge < -0.3 is 4.84 Å². The lowest BCUT2D eigenvalue weighted by Crippen LogP contribution is -2.56. The SMILES string of the molecule is CON1CCC2(CC1)C(=O)C(Cl)(c1cc(Br)c(C)cc1C)C(=O)N2OC. The van der Waals surface area contributed by atoms with Gasteiger partial charge in [0.1, 0.15) is 5.54 Å². The first kappa shape index (κ1) is 19.8. The number of hydrogen-bond donors (Lipinski definition) is 0. The van der Waals surface area contributed by atoms with E-state index in [2.05, 4.69) is 15.9 Å². The third-order valence-corrected chi connectivity index (χ3v) is 6.86. The van der Waals surface area contributed by atoms with Gasteiger partial charge in [0.2, 0.25) is 4.87 Å². The highest BCUT2D eigenvalue weighted by Crippen LogP contribution is 2.50. The number of hydroxylamine groups is 4. The Morgan fingerprint density at radius 3 is 2.23 bits per heavy atom. The van der Waals surface area contributed by atoms with Gasteiger partial charge in [0.15, 0.2) is 5.78 Å². The lowest BCUT2D eigenvalue weighted by Gasteiger charge is -2.40. The van der Waals surface area contributed by atoms with Crippen molar-refractivity contribution < 1.29 is 19.3 Å². The van der Waals surface area contributed by atoms with E-state index in [1.54, 1.807) is 18.2 Å². The Balaban J connectivity index is 2.11. The number of Topliss-reactive ketones (excluding diaryl/α,β-unsaturated/α-hetero) is 1. The Morgan fingerprint density at radius 2 is 1.69 bits per heavy atom. The van der Waals surface area contributed by atoms with E-state index >= 15 is 0 Å². The van der Waals surface area contributed by atoms with E-state index in [4.69, 9.17) is 21.3 Å². The first-order chi connectivity index (χ1) is 12.2. The molecule has 1 atom stereocenters. The van der Waals surface area contributed by atoms with Crippen molar-refractivity contribution in [1.29, 1.82) is 0 Å². The van der Waals surface area contributed by atoms with E-state index < -0.39 is 16.3 Å². The fourth-order valence-corrected chi connectivity index (χ4v) is 4.80. The van der Waals surface area contributed by atoms with E-state index in [1.807, 2.05) is 19.9 Å². The molecule has 1 amide bonds. The number of piperidine rings is 1. The quantitative estimate of drug-likeness (QED) is 0.529. The van der Waals surface area contributed by atoms with Crippen LogP contribution in [0.4, 0.5) is 0 Å². The van der Waals surface area contributed by atoms with Crippen LogP contribution in [0, 0.1) is 13.8 Å². The average molecular weight is 446 g/mol. The molecular weight excluding hydrogens is 424 g/mol. The number of amides is 1. The fraction of sp³-hybridized carbons (Fsp3) is 0.556. The summed E-state index contributed by atoms with van der Waals surface area (Å²) in [5, 5.41) is 2.95. The van der Waals surface area contributed by atoms with Crippen molar-refractivity contribution in [2.75, 3.05) is 27.3 Å². The topological polar surface area (TPSA) is 59.1 Å². The summed E-state index contributed by atoms with van der Waals surface area (Å²) in [4.78, 5) is 35.6. The van der Waals surface area contributed by atoms with Gasteiger partial charge in [0.05, 0.1) is 14.2 Å². The van der Waals surface area contributed by atoms with Crippen LogP contribution in [-0.4, -0.2) is 54.7 Å². The van der Waals surface area contributed by atoms with Gasteiger partial charge in [-0.1, -0.05) is 33.6 Å². The maximum absolute atomic E-state index is 13.6. The van der Waals surface area contributed by atoms with Gasteiger partial charge in [-0.3, -0.25) is 14.4 Å². The molecular formula is C18H22BrClN2O4. The second-order valence-corrected chi connectivity index (χ2v) is 8.25. The lowest BCUT2D eigenvalue weighted by atomic mass is 9.79. The summed E-state index contributed by atoms with van der Waals surface area (Å²) < 4.78 is 0.804. The fourth-order valence-electron chi connectivity index (χ4n) is 4.01. The molecule has 0 N–H and O–H groups in total. The summed E-state index contributed by atoms with van der Waals surface area (Å²) in [5.41, 5.74) is 1.23. The van der Waals surface area contributed by atoms with Gasteiger partial charge in [-0.25, -0.2) is 5.06 Å². The molecule has 1 aromatic carbocycles. The predicted octanol–water partition coefficient (Wildman–Crippen LogP) is 2.87. The minimum absolute atomic E-state index is 0.326. The van der Waals surface area contributed by atoms with Crippen LogP contribution in [-0.2, 0) is 24.1 Å². The summed E-state index contributed by atoms with van der Waals surface area (Å²) in [6, 6.07) is 3.68. The van der Waals surface area contributed by atoms with Crippen molar-refractivity contribution in [1.82, 2.24) is 10.1 Å². The van der Waals surface area contributed by atoms with Gasteiger partial charge in [-0.2, -0.15) is 5.06 Å². The number of aryl methyl sites for hydroxylation is 2. The molecule has 0 saturated carbocycles. The number of rotatable bonds is 3. The average Bonchev–Trinajstić information content (AvgIpc) is 2.78. The third kappa shape index (κ3) is 2.64. The summed E-state index contributed by atoms with van der Waals surface area (Å²) in [5.74, 6) is -0.857. The van der Waals surface area contributed by atoms with Crippen LogP contribution in [0.2, 0.25) is 0 Å². The summed E-state index contributed by atoms with van der Waals surface area (Å²) in [7, 11) is 2.99. The molecule has 2 saturated heterocycles. The minimum atomic E-state index is -1.79. The maximum atomic E-state index is 13.6. The molecule has 8 heteroatoms. The van der Waals surface area contributed by atoms with Crippen LogP contribution in [0.15, 0.2) is 16.6 Å². The largest absolute Gasteiger partial charge is 0.302 e. The Bertz CT molecular complexity index is 764. The van der Waals surface area contributed by atoms with Crippen LogP contribution < -0.4 is 0 Å². The third-order valence-electron chi connectivity index (χ3n) is 5.47. The molecule has 6 nitrogen and oxygen atoms in total. The second kappa shape index (κ2) is 6.87. The van der Waals surface area contributed by atoms with Crippen molar-refractivity contribution in [3.05, 3.63) is 33.3 Å². The number of alkyl halides is 1. The number of nitrogens with zero attached hydrogens (tertiary/aromatic N) is 2. The molecule has 0 aromatic heterocycles. The molecule has 2 heterocycles. The van der Waals surface area contributed by atoms with Crippen LogP contribution in [0.3, 0.4) is 0 Å². The smallest absolute Gasteiger partial charge is 0.280 e. The van der Waals surface area contributed by atoms with Crippen molar-refractivity contribution >= 4 is 39.2 Å². The van der Waals surface area contributed by atoms with Gasteiger partial charge >= 0.3 is 0 Å². The van der Waals surface area contributed by atoms with Gasteiger partial charge in [0.25, 0.3) is 5.91 Å². The molecule has 0 bridgehead atoms. The Labute approximate surface area is 166 Å². The number of ketones is 1. The highest BCUT2D eigenvalue weighted by molar-refractivity contribution is 9.10. The molecule has 0 radical (unpaired) electrons. The van der Waals surface area contributed by atoms with Gasteiger partial charge in [-0.05, 0) is 49.4 Å². The molecule has 1 aromatic rings. The molecule has 3 rings (SSSR count). The molecule has 0 aliphatic carbocycles. The molecule has 2 fully saturated rings. The zero-order chi connectivity index (χ0) is 19.3. The van der Waals surface area contributed by atoms with Crippen LogP contribution in [0.25, 0.3) is 0 Å². The second-order valence-electron chi connectivity index (χ2n) is 6.83. The zero-order valence-electron chi connectivity index (χ0n) is 15.3. The van der Waals surface area contributed by atoms with E-state index in [-0.39, 0.29) is 5.78 Å². The standard InChI is InChI=1S/C18H22BrClN2O4/c1-11-9-12(2)14(19)10-13(11)18(20)15(23)17(22(26-4)16(18)24)5-7-21(25-3)8-6-17/h9-10H,5-8H2,1-4H3. The molecule has 2 aliphatic heterocycles. The Kier molecular flexibility index (Phi) is 5.22. The van der Waals surface area contributed by atoms with E-state index in [1.165, 1.54) is 12.2 Å². The first-order valence-corrected chi connectivity index (χ1v) is 9.58. The maximum Gasteiger partial charge on any atom is 0.280 e. The zero-order valence-corrected chi connectivity index (χ0v) is 17.6. The van der Waals surface area contributed by atoms with Crippen molar-refractivity contribution in [2.24, 2.45) is 0 Å². The molecule has 2 aliphatic rings. The molecule has 142 valence electrons. The predicted molar refractivity (Wildman–Crippen MR) is 101 cm³/mol. The lowest BCUT2D eigenvalue weighted by molar-refractivity contribution is -0.219. The minimum Gasteiger partial charge on any atom is -0.302 e. The van der Waals surface area contributed by atoms with E-state index in [0.717, 1.165) is 15.6 Å². The normalized spacial score (nSPS) is 26.2. The van der Waals surface area contributed by atoms with Crippen LogP contribution >= 0.6 is 27.5 Å². The number of carbonyl (C=O) groups excluding carboxylic acids is 2. The monoisotopic (exact) mass is 444 g/mol. The number of halogens is 2. The van der Waals surface area contributed by atoms with E-state index in [0.29, 0.717) is 31.5 Å². The first-order valence-electron chi connectivity index (χ1n) is 8.41. The van der Waals surface area contributed by atoms with Crippen molar-refractivity contribution in [3.8, 4) is 0 Å². The summed E-state index contributed by atoms with van der Waals surface area (Å²) >= 11 is 10.3. The summed E-state index contributed by atoms with van der Waals surface area (Å²) in [6.45, 7) is 4.83. The molecule has 1 unspecified atom stereocenters. The Morgan fingerprint density at radius 1 is 1.08 bits per heavy atom. The highest BCUT2D eigenvalue weighted by atomic mass is 79.9. The van der Waals surface area contributed by atoms with Crippen LogP contribution in [0.1, 0.15) is 29.5 Å². The molecule has 1 spiro atoms. The van der Waals surface area contributed by atoms with Crippen molar-refractivity contribution in [2.45, 2.75) is 37.1 Å². The van der Waals surface area contributed by atoms with Gasteiger partial charge in [0, 0.05) is 17.6 Å². The van der Waals surface area contributed by atoms with Crippen molar-refractivity contribution in [3.63, 3.8) is 0 Å². The van der Waals surface area contributed by atoms with Crippen LogP contribution in [0.5, 0.6) is 0 Å². The molecule has 26 heavy (non-hydrogen) atoms. The van der Waals surface area contributed by atoms with E-state index in [9.17, 15) is 9.59 Å². The number of benzene rings is 1. The summed E-state index contributed by atoms with van der Waals surface area (Å²) in [6.07, 6.45) is 0.805. The number of carbonyl (C=O) groups is 2.